The highest BCUT2D eigenvalue weighted by Crippen LogP contribution is 2.19. The van der Waals surface area contributed by atoms with Gasteiger partial charge in [0.2, 0.25) is 0 Å². The molecular weight excluding hydrogens is 273 g/mol. The summed E-state index contributed by atoms with van der Waals surface area (Å²) in [5.41, 5.74) is 0.514. The average molecular weight is 285 g/mol. The Morgan fingerprint density at radius 1 is 1.26 bits per heavy atom. The van der Waals surface area contributed by atoms with Crippen molar-refractivity contribution >= 4 is 16.0 Å². The van der Waals surface area contributed by atoms with E-state index in [1.165, 1.54) is 33.0 Å². The first-order chi connectivity index (χ1) is 8.79. The summed E-state index contributed by atoms with van der Waals surface area (Å²) in [5.74, 6) is -0.557. The van der Waals surface area contributed by atoms with E-state index < -0.39 is 15.8 Å². The zero-order valence-electron chi connectivity index (χ0n) is 10.5. The largest absolute Gasteiger partial charge is 0.277 e. The summed E-state index contributed by atoms with van der Waals surface area (Å²) in [7, 11) is -2.35. The molecule has 0 atom stereocenters. The van der Waals surface area contributed by atoms with Gasteiger partial charge in [-0.15, -0.1) is 5.10 Å². The molecule has 0 bridgehead atoms. The fourth-order valence-electron chi connectivity index (χ4n) is 1.57. The Bertz CT molecular complexity index is 702. The lowest BCUT2D eigenvalue weighted by Crippen LogP contribution is -2.15. The number of nitrogens with zero attached hydrogens (tertiary/aromatic N) is 4. The highest BCUT2D eigenvalue weighted by Gasteiger charge is 2.19. The lowest BCUT2D eigenvalue weighted by molar-refractivity contribution is 0.595. The van der Waals surface area contributed by atoms with Crippen LogP contribution in [-0.2, 0) is 17.1 Å². The van der Waals surface area contributed by atoms with Crippen LogP contribution >= 0.6 is 0 Å². The molecule has 0 aliphatic heterocycles. The minimum Gasteiger partial charge on any atom is -0.245 e. The molecule has 2 aromatic rings. The van der Waals surface area contributed by atoms with Gasteiger partial charge in [-0.25, -0.2) is 17.5 Å². The minimum atomic E-state index is -3.86. The molecule has 7 nitrogen and oxygen atoms in total. The fourth-order valence-corrected chi connectivity index (χ4v) is 2.67. The summed E-state index contributed by atoms with van der Waals surface area (Å²) in [5, 5.41) is 10.8. The molecule has 2 rings (SSSR count). The molecule has 0 radical (unpaired) electrons. The van der Waals surface area contributed by atoms with Gasteiger partial charge in [-0.3, -0.25) is 0 Å². The molecule has 9 heteroatoms. The Balaban J connectivity index is 2.40. The summed E-state index contributed by atoms with van der Waals surface area (Å²) in [4.78, 5) is 1.08. The van der Waals surface area contributed by atoms with Crippen LogP contribution in [0.15, 0.2) is 17.0 Å². The lowest BCUT2D eigenvalue weighted by Gasteiger charge is -2.07. The zero-order chi connectivity index (χ0) is 14.2. The minimum absolute atomic E-state index is 0.0450. The Kier molecular flexibility index (Phi) is 3.23. The average Bonchev–Trinajstić information content (AvgIpc) is 2.70. The summed E-state index contributed by atoms with van der Waals surface area (Å²) >= 11 is 0. The number of tetrazole rings is 1. The predicted octanol–water partition coefficient (Wildman–Crippen LogP) is 0.767. The molecule has 1 N–H and O–H groups in total. The Labute approximate surface area is 109 Å². The van der Waals surface area contributed by atoms with Crippen molar-refractivity contribution in [2.24, 2.45) is 7.05 Å². The van der Waals surface area contributed by atoms with Crippen molar-refractivity contribution in [3.63, 3.8) is 0 Å². The van der Waals surface area contributed by atoms with Crippen LogP contribution in [0.5, 0.6) is 0 Å². The van der Waals surface area contributed by atoms with Crippen molar-refractivity contribution < 1.29 is 12.8 Å². The molecule has 0 unspecified atom stereocenters. The number of rotatable bonds is 3. The van der Waals surface area contributed by atoms with Gasteiger partial charge in [0, 0.05) is 0 Å². The van der Waals surface area contributed by atoms with Gasteiger partial charge in [-0.1, -0.05) is 5.10 Å². The molecule has 0 aliphatic carbocycles. The topological polar surface area (TPSA) is 89.8 Å². The van der Waals surface area contributed by atoms with Gasteiger partial charge >= 0.3 is 0 Å². The molecular formula is C10H12FN5O2S. The van der Waals surface area contributed by atoms with Crippen LogP contribution in [0.25, 0.3) is 0 Å². The molecule has 1 aromatic carbocycles. The monoisotopic (exact) mass is 285 g/mol. The Morgan fingerprint density at radius 2 is 1.84 bits per heavy atom. The van der Waals surface area contributed by atoms with Crippen molar-refractivity contribution in [3.05, 3.63) is 29.1 Å². The van der Waals surface area contributed by atoms with Gasteiger partial charge in [0.15, 0.2) is 0 Å². The van der Waals surface area contributed by atoms with Gasteiger partial charge in [-0.2, -0.15) is 4.80 Å². The van der Waals surface area contributed by atoms with E-state index in [9.17, 15) is 12.8 Å². The molecule has 0 spiro atoms. The summed E-state index contributed by atoms with van der Waals surface area (Å²) in [6, 6.07) is 2.50. The van der Waals surface area contributed by atoms with Gasteiger partial charge in [0.1, 0.15) is 5.82 Å². The normalized spacial score (nSPS) is 11.6. The molecule has 19 heavy (non-hydrogen) atoms. The second-order valence-corrected chi connectivity index (χ2v) is 5.76. The smallest absolute Gasteiger partial charge is 0.245 e. The number of hydrogen-bond acceptors (Lipinski definition) is 5. The highest BCUT2D eigenvalue weighted by atomic mass is 32.2. The molecule has 0 saturated heterocycles. The predicted molar refractivity (Wildman–Crippen MR) is 65.5 cm³/mol. The molecule has 0 fully saturated rings. The second-order valence-electron chi connectivity index (χ2n) is 4.08. The third-order valence-corrected chi connectivity index (χ3v) is 3.76. The number of sulfonamides is 1. The van der Waals surface area contributed by atoms with Crippen LogP contribution in [0.3, 0.4) is 0 Å². The Hall–Kier alpha value is -2.03. The highest BCUT2D eigenvalue weighted by molar-refractivity contribution is 7.92. The van der Waals surface area contributed by atoms with Crippen LogP contribution in [0.2, 0.25) is 0 Å². The number of anilines is 1. The van der Waals surface area contributed by atoms with Crippen LogP contribution in [-0.4, -0.2) is 28.6 Å². The summed E-state index contributed by atoms with van der Waals surface area (Å²) in [6.07, 6.45) is 0. The number of benzene rings is 1. The summed E-state index contributed by atoms with van der Waals surface area (Å²) in [6.45, 7) is 3.00. The molecule has 1 heterocycles. The fraction of sp³-hybridized carbons (Fsp3) is 0.300. The van der Waals surface area contributed by atoms with E-state index in [2.05, 4.69) is 20.1 Å². The molecule has 0 aliphatic rings. The van der Waals surface area contributed by atoms with Gasteiger partial charge in [0.25, 0.3) is 16.0 Å². The lowest BCUT2D eigenvalue weighted by atomic mass is 10.1. The Morgan fingerprint density at radius 3 is 2.32 bits per heavy atom. The van der Waals surface area contributed by atoms with Gasteiger partial charge in [0.05, 0.1) is 11.9 Å². The van der Waals surface area contributed by atoms with Crippen LogP contribution < -0.4 is 4.72 Å². The third kappa shape index (κ3) is 2.70. The van der Waals surface area contributed by atoms with Crippen LogP contribution in [0.4, 0.5) is 10.3 Å². The maximum atomic E-state index is 13.5. The standard InChI is InChI=1S/C10H12FN5O2S/c1-6-4-8(5-7(2)9(6)11)19(17,18)14-10-12-15-16(3)13-10/h4-5H,1-3H3,(H,13,14). The first-order valence-electron chi connectivity index (χ1n) is 5.33. The quantitative estimate of drug-likeness (QED) is 0.899. The number of nitrogens with one attached hydrogen (secondary N) is 1. The second kappa shape index (κ2) is 4.57. The van der Waals surface area contributed by atoms with Gasteiger partial charge in [-0.05, 0) is 42.3 Å². The van der Waals surface area contributed by atoms with Crippen molar-refractivity contribution in [2.45, 2.75) is 18.7 Å². The maximum absolute atomic E-state index is 13.5. The first kappa shape index (κ1) is 13.4. The number of aryl methyl sites for hydroxylation is 3. The molecule has 102 valence electrons. The van der Waals surface area contributed by atoms with E-state index in [0.29, 0.717) is 0 Å². The summed E-state index contributed by atoms with van der Waals surface area (Å²) < 4.78 is 39.8. The van der Waals surface area contributed by atoms with Gasteiger partial charge < -0.3 is 0 Å². The third-order valence-electron chi connectivity index (χ3n) is 2.45. The van der Waals surface area contributed by atoms with E-state index in [0.717, 1.165) is 4.80 Å². The zero-order valence-corrected chi connectivity index (χ0v) is 11.4. The molecule has 1 aromatic heterocycles. The molecule has 0 saturated carbocycles. The number of aromatic nitrogens is 4. The van der Waals surface area contributed by atoms with E-state index >= 15 is 0 Å². The van der Waals surface area contributed by atoms with Crippen molar-refractivity contribution in [3.8, 4) is 0 Å². The van der Waals surface area contributed by atoms with Crippen LogP contribution in [0, 0.1) is 19.7 Å². The van der Waals surface area contributed by atoms with Crippen LogP contribution in [0.1, 0.15) is 11.1 Å². The van der Waals surface area contributed by atoms with Crippen molar-refractivity contribution in [2.75, 3.05) is 4.72 Å². The number of hydrogen-bond donors (Lipinski definition) is 1. The van der Waals surface area contributed by atoms with E-state index in [1.807, 2.05) is 0 Å². The number of halogens is 1. The van der Waals surface area contributed by atoms with Crippen molar-refractivity contribution in [1.29, 1.82) is 0 Å². The van der Waals surface area contributed by atoms with E-state index in [1.54, 1.807) is 0 Å². The maximum Gasteiger partial charge on any atom is 0.277 e. The first-order valence-corrected chi connectivity index (χ1v) is 6.81. The molecule has 0 amide bonds. The SMILES string of the molecule is Cc1cc(S(=O)(=O)Nc2nnn(C)n2)cc(C)c1F. The van der Waals surface area contributed by atoms with Crippen molar-refractivity contribution in [1.82, 2.24) is 20.2 Å². The van der Waals surface area contributed by atoms with E-state index in [4.69, 9.17) is 0 Å². The van der Waals surface area contributed by atoms with E-state index in [-0.39, 0.29) is 22.0 Å².